The highest BCUT2D eigenvalue weighted by molar-refractivity contribution is 6.23. The van der Waals surface area contributed by atoms with Crippen molar-refractivity contribution in [2.45, 2.75) is 6.42 Å². The molecule has 0 N–H and O–H groups in total. The lowest BCUT2D eigenvalue weighted by molar-refractivity contribution is -0.123. The van der Waals surface area contributed by atoms with Crippen molar-refractivity contribution in [2.75, 3.05) is 4.90 Å². The molecule has 27 heavy (non-hydrogen) atoms. The first kappa shape index (κ1) is 16.0. The van der Waals surface area contributed by atoms with Gasteiger partial charge in [0.25, 0.3) is 0 Å². The second-order valence-corrected chi connectivity index (χ2v) is 7.24. The number of allylic oxidation sites excluding steroid dienone is 2. The SMILES string of the molecule is O=C(Oc1ccccc1N1C(=O)[C@@H]2[C@@H](C1=O)[C@@H]1C=C[C@@H]2C1)c1ccccc1. The predicted molar refractivity (Wildman–Crippen MR) is 98.1 cm³/mol. The molecule has 2 aliphatic carbocycles. The van der Waals surface area contributed by atoms with E-state index < -0.39 is 5.97 Å². The van der Waals surface area contributed by atoms with Gasteiger partial charge in [-0.15, -0.1) is 0 Å². The summed E-state index contributed by atoms with van der Waals surface area (Å²) in [7, 11) is 0. The Labute approximate surface area is 156 Å². The van der Waals surface area contributed by atoms with Gasteiger partial charge in [-0.2, -0.15) is 0 Å². The van der Waals surface area contributed by atoms with Crippen LogP contribution in [0.3, 0.4) is 0 Å². The molecule has 0 aromatic heterocycles. The zero-order valence-corrected chi connectivity index (χ0v) is 14.4. The molecule has 4 atom stereocenters. The number of esters is 1. The van der Waals surface area contributed by atoms with Crippen molar-refractivity contribution in [1.82, 2.24) is 0 Å². The summed E-state index contributed by atoms with van der Waals surface area (Å²) in [6.07, 6.45) is 5.00. The van der Waals surface area contributed by atoms with Crippen molar-refractivity contribution in [3.63, 3.8) is 0 Å². The lowest BCUT2D eigenvalue weighted by Crippen LogP contribution is -2.33. The summed E-state index contributed by atoms with van der Waals surface area (Å²) in [6.45, 7) is 0. The lowest BCUT2D eigenvalue weighted by atomic mass is 9.85. The van der Waals surface area contributed by atoms with Crippen molar-refractivity contribution in [3.05, 3.63) is 72.3 Å². The van der Waals surface area contributed by atoms with E-state index >= 15 is 0 Å². The minimum absolute atomic E-state index is 0.139. The molecule has 2 fully saturated rings. The van der Waals surface area contributed by atoms with E-state index in [1.807, 2.05) is 6.07 Å². The molecule has 2 bridgehead atoms. The summed E-state index contributed by atoms with van der Waals surface area (Å²) < 4.78 is 5.53. The van der Waals surface area contributed by atoms with E-state index in [-0.39, 0.29) is 41.2 Å². The minimum Gasteiger partial charge on any atom is -0.421 e. The quantitative estimate of drug-likeness (QED) is 0.365. The van der Waals surface area contributed by atoms with E-state index in [9.17, 15) is 14.4 Å². The number of ether oxygens (including phenoxy) is 1. The van der Waals surface area contributed by atoms with Gasteiger partial charge in [0.2, 0.25) is 11.8 Å². The van der Waals surface area contributed by atoms with Crippen LogP contribution in [0.5, 0.6) is 5.75 Å². The number of fused-ring (bicyclic) bond motifs is 5. The van der Waals surface area contributed by atoms with Gasteiger partial charge in [0.05, 0.1) is 23.1 Å². The van der Waals surface area contributed by atoms with Crippen LogP contribution in [0.2, 0.25) is 0 Å². The topological polar surface area (TPSA) is 63.7 Å². The normalized spacial score (nSPS) is 27.9. The van der Waals surface area contributed by atoms with Crippen LogP contribution in [0.15, 0.2) is 66.7 Å². The summed E-state index contributed by atoms with van der Waals surface area (Å²) in [5.41, 5.74) is 0.746. The van der Waals surface area contributed by atoms with Crippen LogP contribution in [0, 0.1) is 23.7 Å². The van der Waals surface area contributed by atoms with E-state index in [1.54, 1.807) is 48.5 Å². The molecule has 1 saturated carbocycles. The molecule has 134 valence electrons. The Morgan fingerprint density at radius 3 is 2.11 bits per heavy atom. The fourth-order valence-electron chi connectivity index (χ4n) is 4.60. The number of rotatable bonds is 3. The summed E-state index contributed by atoms with van der Waals surface area (Å²) >= 11 is 0. The lowest BCUT2D eigenvalue weighted by Gasteiger charge is -2.20. The first-order valence-electron chi connectivity index (χ1n) is 9.07. The van der Waals surface area contributed by atoms with Crippen molar-refractivity contribution < 1.29 is 19.1 Å². The number of amides is 2. The van der Waals surface area contributed by atoms with E-state index in [0.717, 1.165) is 6.42 Å². The maximum absolute atomic E-state index is 13.0. The van der Waals surface area contributed by atoms with Crippen LogP contribution >= 0.6 is 0 Å². The first-order chi connectivity index (χ1) is 13.1. The van der Waals surface area contributed by atoms with E-state index in [1.165, 1.54) is 4.90 Å². The third-order valence-corrected chi connectivity index (χ3v) is 5.79. The third-order valence-electron chi connectivity index (χ3n) is 5.79. The third kappa shape index (κ3) is 2.35. The Kier molecular flexibility index (Phi) is 3.50. The van der Waals surface area contributed by atoms with Crippen molar-refractivity contribution in [1.29, 1.82) is 0 Å². The first-order valence-corrected chi connectivity index (χ1v) is 9.07. The van der Waals surface area contributed by atoms with Crippen molar-refractivity contribution in [3.8, 4) is 5.75 Å². The molecule has 2 amide bonds. The van der Waals surface area contributed by atoms with Crippen LogP contribution < -0.4 is 9.64 Å². The fourth-order valence-corrected chi connectivity index (χ4v) is 4.60. The molecule has 2 aromatic carbocycles. The molecule has 5 rings (SSSR count). The smallest absolute Gasteiger partial charge is 0.343 e. The standard InChI is InChI=1S/C22H17NO4/c24-20-18-14-10-11-15(12-14)19(18)21(25)23(20)16-8-4-5-9-17(16)27-22(26)13-6-2-1-3-7-13/h1-11,14-15,18-19H,12H2/t14-,15-,18+,19+/m1/s1. The fraction of sp³-hybridized carbons (Fsp3) is 0.227. The van der Waals surface area contributed by atoms with Crippen molar-refractivity contribution >= 4 is 23.5 Å². The summed E-state index contributed by atoms with van der Waals surface area (Å²) in [6, 6.07) is 15.3. The Bertz CT molecular complexity index is 951. The van der Waals surface area contributed by atoms with E-state index in [4.69, 9.17) is 4.74 Å². The van der Waals surface area contributed by atoms with Crippen LogP contribution in [-0.4, -0.2) is 17.8 Å². The molecule has 0 unspecified atom stereocenters. The number of carbonyl (C=O) groups excluding carboxylic acids is 3. The van der Waals surface area contributed by atoms with Crippen LogP contribution in [0.25, 0.3) is 0 Å². The van der Waals surface area contributed by atoms with Gasteiger partial charge in [0, 0.05) is 0 Å². The molecule has 5 nitrogen and oxygen atoms in total. The second kappa shape index (κ2) is 5.91. The van der Waals surface area contributed by atoms with Crippen LogP contribution in [0.1, 0.15) is 16.8 Å². The second-order valence-electron chi connectivity index (χ2n) is 7.24. The molecule has 2 aromatic rings. The molecule has 3 aliphatic rings. The number of hydrogen-bond donors (Lipinski definition) is 0. The molecular formula is C22H17NO4. The highest BCUT2D eigenvalue weighted by atomic mass is 16.5. The Hall–Kier alpha value is -3.21. The highest BCUT2D eigenvalue weighted by Crippen LogP contribution is 2.53. The highest BCUT2D eigenvalue weighted by Gasteiger charge is 2.59. The molecule has 0 radical (unpaired) electrons. The maximum Gasteiger partial charge on any atom is 0.343 e. The summed E-state index contributed by atoms with van der Waals surface area (Å²) in [5.74, 6) is -0.982. The number of hydrogen-bond acceptors (Lipinski definition) is 4. The number of nitrogens with zero attached hydrogens (tertiary/aromatic N) is 1. The largest absolute Gasteiger partial charge is 0.421 e. The Balaban J connectivity index is 1.48. The van der Waals surface area contributed by atoms with Gasteiger partial charge >= 0.3 is 5.97 Å². The molecule has 1 saturated heterocycles. The van der Waals surface area contributed by atoms with Gasteiger partial charge in [-0.3, -0.25) is 9.59 Å². The van der Waals surface area contributed by atoms with Crippen molar-refractivity contribution in [2.24, 2.45) is 23.7 Å². The number of para-hydroxylation sites is 2. The number of carbonyl (C=O) groups is 3. The predicted octanol–water partition coefficient (Wildman–Crippen LogP) is 3.22. The number of benzene rings is 2. The Morgan fingerprint density at radius 2 is 1.44 bits per heavy atom. The van der Waals surface area contributed by atoms with E-state index in [0.29, 0.717) is 11.3 Å². The molecule has 1 heterocycles. The van der Waals surface area contributed by atoms with Crippen LogP contribution in [-0.2, 0) is 9.59 Å². The molecule has 0 spiro atoms. The summed E-state index contributed by atoms with van der Waals surface area (Å²) in [5, 5.41) is 0. The minimum atomic E-state index is -0.524. The molecule has 5 heteroatoms. The van der Waals surface area contributed by atoms with Gasteiger partial charge in [-0.05, 0) is 42.5 Å². The number of imide groups is 1. The van der Waals surface area contributed by atoms with Gasteiger partial charge < -0.3 is 4.74 Å². The van der Waals surface area contributed by atoms with Gasteiger partial charge in [0.1, 0.15) is 0 Å². The summed E-state index contributed by atoms with van der Waals surface area (Å²) in [4.78, 5) is 39.7. The zero-order chi connectivity index (χ0) is 18.5. The van der Waals surface area contributed by atoms with E-state index in [2.05, 4.69) is 12.2 Å². The molecule has 1 aliphatic heterocycles. The maximum atomic E-state index is 13.0. The average molecular weight is 359 g/mol. The monoisotopic (exact) mass is 359 g/mol. The Morgan fingerprint density at radius 1 is 0.852 bits per heavy atom. The van der Waals surface area contributed by atoms with Gasteiger partial charge in [-0.1, -0.05) is 42.5 Å². The van der Waals surface area contributed by atoms with Gasteiger partial charge in [-0.25, -0.2) is 9.69 Å². The average Bonchev–Trinajstić information content (AvgIpc) is 3.37. The number of anilines is 1. The zero-order valence-electron chi connectivity index (χ0n) is 14.4. The van der Waals surface area contributed by atoms with Gasteiger partial charge in [0.15, 0.2) is 5.75 Å². The van der Waals surface area contributed by atoms with Crippen LogP contribution in [0.4, 0.5) is 5.69 Å². The molecular weight excluding hydrogens is 342 g/mol.